The van der Waals surface area contributed by atoms with E-state index in [0.29, 0.717) is 29.8 Å². The summed E-state index contributed by atoms with van der Waals surface area (Å²) in [5, 5.41) is 13.4. The van der Waals surface area contributed by atoms with Crippen molar-refractivity contribution in [3.05, 3.63) is 33.8 Å². The number of ketones is 1. The van der Waals surface area contributed by atoms with Crippen molar-refractivity contribution in [1.82, 2.24) is 5.32 Å². The number of carbonyl (C=O) groups excluding carboxylic acids is 2. The lowest BCUT2D eigenvalue weighted by Gasteiger charge is -2.41. The fourth-order valence-corrected chi connectivity index (χ4v) is 3.21. The monoisotopic (exact) mass is 387 g/mol. The molecule has 0 aliphatic heterocycles. The van der Waals surface area contributed by atoms with Gasteiger partial charge in [0.05, 0.1) is 17.6 Å². The van der Waals surface area contributed by atoms with Gasteiger partial charge in [-0.15, -0.1) is 11.6 Å². The van der Waals surface area contributed by atoms with Crippen molar-refractivity contribution in [2.24, 2.45) is 5.41 Å². The van der Waals surface area contributed by atoms with E-state index in [1.807, 2.05) is 0 Å². The largest absolute Gasteiger partial charge is 0.390 e. The summed E-state index contributed by atoms with van der Waals surface area (Å²) in [7, 11) is 0. The molecule has 1 aliphatic rings. The van der Waals surface area contributed by atoms with Gasteiger partial charge >= 0.3 is 0 Å². The molecule has 6 heteroatoms. The lowest BCUT2D eigenvalue weighted by atomic mass is 9.68. The highest BCUT2D eigenvalue weighted by molar-refractivity contribution is 9.10. The summed E-state index contributed by atoms with van der Waals surface area (Å²) < 4.78 is 0.797. The summed E-state index contributed by atoms with van der Waals surface area (Å²) in [4.78, 5) is 24.6. The first-order valence-corrected chi connectivity index (χ1v) is 8.49. The predicted octanol–water partition coefficient (Wildman–Crippen LogP) is 3.21. The molecule has 0 aromatic heterocycles. The van der Waals surface area contributed by atoms with Gasteiger partial charge < -0.3 is 10.4 Å². The van der Waals surface area contributed by atoms with Crippen molar-refractivity contribution in [2.45, 2.75) is 38.8 Å². The summed E-state index contributed by atoms with van der Waals surface area (Å²) in [6.07, 6.45) is -0.115. The van der Waals surface area contributed by atoms with Crippen LogP contribution in [0.25, 0.3) is 0 Å². The first-order valence-electron chi connectivity index (χ1n) is 7.16. The first-order chi connectivity index (χ1) is 10.3. The van der Waals surface area contributed by atoms with Crippen LogP contribution in [0.4, 0.5) is 0 Å². The van der Waals surface area contributed by atoms with Gasteiger partial charge in [-0.05, 0) is 44.0 Å². The second-order valence-corrected chi connectivity index (χ2v) is 7.36. The zero-order chi connectivity index (χ0) is 16.5. The van der Waals surface area contributed by atoms with Crippen LogP contribution in [-0.2, 0) is 4.79 Å². The average Bonchev–Trinajstić information content (AvgIpc) is 2.47. The van der Waals surface area contributed by atoms with Crippen molar-refractivity contribution in [1.29, 1.82) is 0 Å². The standard InChI is InChI=1S/C16H19BrClNO3/c1-16(2)14(21)10-6-5-9(17)8-11(10)13(15(16)22)19-12(20)4-3-7-18/h5-6,8,13,15,22H,3-4,7H2,1-2H3,(H,19,20). The van der Waals surface area contributed by atoms with Crippen LogP contribution in [0.1, 0.15) is 48.7 Å². The Morgan fingerprint density at radius 3 is 2.77 bits per heavy atom. The minimum absolute atomic E-state index is 0.117. The zero-order valence-electron chi connectivity index (χ0n) is 12.5. The second kappa shape index (κ2) is 6.69. The molecule has 2 rings (SSSR count). The first kappa shape index (κ1) is 17.4. The molecule has 1 aromatic rings. The van der Waals surface area contributed by atoms with Crippen molar-refractivity contribution in [2.75, 3.05) is 5.88 Å². The smallest absolute Gasteiger partial charge is 0.220 e. The molecule has 1 amide bonds. The maximum atomic E-state index is 12.6. The fraction of sp³-hybridized carbons (Fsp3) is 0.500. The molecule has 0 radical (unpaired) electrons. The van der Waals surface area contributed by atoms with E-state index in [9.17, 15) is 14.7 Å². The molecule has 2 N–H and O–H groups in total. The molecule has 1 aliphatic carbocycles. The van der Waals surface area contributed by atoms with Crippen LogP contribution in [-0.4, -0.2) is 28.8 Å². The van der Waals surface area contributed by atoms with Crippen LogP contribution in [0, 0.1) is 5.41 Å². The van der Waals surface area contributed by atoms with E-state index in [1.54, 1.807) is 32.0 Å². The third-order valence-corrected chi connectivity index (χ3v) is 4.85. The SMILES string of the molecule is CC1(C)C(=O)c2ccc(Br)cc2C(NC(=O)CCCCl)C1O. The zero-order valence-corrected chi connectivity index (χ0v) is 14.9. The van der Waals surface area contributed by atoms with Crippen LogP contribution < -0.4 is 5.32 Å². The number of Topliss-reactive ketones (excluding diaryl/α,β-unsaturated/α-hetero) is 1. The number of halogens is 2. The molecule has 120 valence electrons. The number of nitrogens with one attached hydrogen (secondary N) is 1. The van der Waals surface area contributed by atoms with Gasteiger partial charge in [-0.25, -0.2) is 0 Å². The van der Waals surface area contributed by atoms with Crippen molar-refractivity contribution < 1.29 is 14.7 Å². The van der Waals surface area contributed by atoms with Gasteiger partial charge in [0, 0.05) is 22.3 Å². The molecule has 1 aromatic carbocycles. The Labute approximate surface area is 143 Å². The van der Waals surface area contributed by atoms with Crippen molar-refractivity contribution in [3.8, 4) is 0 Å². The maximum Gasteiger partial charge on any atom is 0.220 e. The highest BCUT2D eigenvalue weighted by Crippen LogP contribution is 2.41. The van der Waals surface area contributed by atoms with Crippen LogP contribution in [0.2, 0.25) is 0 Å². The summed E-state index contributed by atoms with van der Waals surface area (Å²) >= 11 is 8.97. The molecule has 0 heterocycles. The number of rotatable bonds is 4. The fourth-order valence-electron chi connectivity index (χ4n) is 2.70. The van der Waals surface area contributed by atoms with Crippen LogP contribution in [0.5, 0.6) is 0 Å². The van der Waals surface area contributed by atoms with Crippen molar-refractivity contribution >= 4 is 39.2 Å². The van der Waals surface area contributed by atoms with E-state index in [-0.39, 0.29) is 11.7 Å². The molecular formula is C16H19BrClNO3. The molecule has 22 heavy (non-hydrogen) atoms. The van der Waals surface area contributed by atoms with Crippen molar-refractivity contribution in [3.63, 3.8) is 0 Å². The summed E-state index contributed by atoms with van der Waals surface area (Å²) in [6, 6.07) is 4.69. The molecule has 2 atom stereocenters. The quantitative estimate of drug-likeness (QED) is 0.778. The van der Waals surface area contributed by atoms with E-state index >= 15 is 0 Å². The second-order valence-electron chi connectivity index (χ2n) is 6.06. The third-order valence-electron chi connectivity index (χ3n) is 4.09. The molecule has 4 nitrogen and oxygen atoms in total. The highest BCUT2D eigenvalue weighted by atomic mass is 79.9. The van der Waals surface area contributed by atoms with Gasteiger partial charge in [-0.2, -0.15) is 0 Å². The number of alkyl halides is 1. The molecular weight excluding hydrogens is 370 g/mol. The van der Waals surface area contributed by atoms with Gasteiger partial charge in [-0.3, -0.25) is 9.59 Å². The molecule has 0 saturated carbocycles. The van der Waals surface area contributed by atoms with Gasteiger partial charge in [0.1, 0.15) is 0 Å². The summed E-state index contributed by atoms with van der Waals surface area (Å²) in [5.74, 6) is 0.113. The van der Waals surface area contributed by atoms with Gasteiger partial charge in [0.15, 0.2) is 5.78 Å². The van der Waals surface area contributed by atoms with Crippen LogP contribution >= 0.6 is 27.5 Å². The normalized spacial score (nSPS) is 23.0. The molecule has 2 unspecified atom stereocenters. The van der Waals surface area contributed by atoms with E-state index in [1.165, 1.54) is 0 Å². The number of benzene rings is 1. The number of aliphatic hydroxyl groups excluding tert-OH is 1. The molecule has 0 fully saturated rings. The minimum Gasteiger partial charge on any atom is -0.390 e. The Bertz CT molecular complexity index is 603. The lowest BCUT2D eigenvalue weighted by Crippen LogP contribution is -2.51. The summed E-state index contributed by atoms with van der Waals surface area (Å²) in [5.41, 5.74) is 0.234. The van der Waals surface area contributed by atoms with E-state index in [4.69, 9.17) is 11.6 Å². The van der Waals surface area contributed by atoms with Gasteiger partial charge in [0.2, 0.25) is 5.91 Å². The Morgan fingerprint density at radius 1 is 1.45 bits per heavy atom. The maximum absolute atomic E-state index is 12.6. The number of carbonyl (C=O) groups is 2. The Balaban J connectivity index is 2.39. The number of amides is 1. The van der Waals surface area contributed by atoms with Gasteiger partial charge in [-0.1, -0.05) is 15.9 Å². The third kappa shape index (κ3) is 3.21. The molecule has 0 saturated heterocycles. The van der Waals surface area contributed by atoms with Crippen LogP contribution in [0.15, 0.2) is 22.7 Å². The number of hydrogen-bond donors (Lipinski definition) is 2. The minimum atomic E-state index is -0.984. The Kier molecular flexibility index (Phi) is 5.30. The lowest BCUT2D eigenvalue weighted by molar-refractivity contribution is -0.123. The predicted molar refractivity (Wildman–Crippen MR) is 89.1 cm³/mol. The summed E-state index contributed by atoms with van der Waals surface area (Å²) in [6.45, 7) is 3.39. The molecule has 0 bridgehead atoms. The molecule has 0 spiro atoms. The number of fused-ring (bicyclic) bond motifs is 1. The van der Waals surface area contributed by atoms with Crippen LogP contribution in [0.3, 0.4) is 0 Å². The average molecular weight is 389 g/mol. The van der Waals surface area contributed by atoms with E-state index in [0.717, 1.165) is 4.47 Å². The van der Waals surface area contributed by atoms with E-state index in [2.05, 4.69) is 21.2 Å². The Hall–Kier alpha value is -0.910. The Morgan fingerprint density at radius 2 is 2.14 bits per heavy atom. The van der Waals surface area contributed by atoms with Gasteiger partial charge in [0.25, 0.3) is 0 Å². The topological polar surface area (TPSA) is 66.4 Å². The highest BCUT2D eigenvalue weighted by Gasteiger charge is 2.47. The van der Waals surface area contributed by atoms with E-state index < -0.39 is 17.6 Å². The number of aliphatic hydroxyl groups is 1. The number of hydrogen-bond acceptors (Lipinski definition) is 3.